The van der Waals surface area contributed by atoms with Gasteiger partial charge in [0.1, 0.15) is 9.88 Å². The molecule has 1 amide bonds. The van der Waals surface area contributed by atoms with Gasteiger partial charge in [0.2, 0.25) is 0 Å². The summed E-state index contributed by atoms with van der Waals surface area (Å²) < 4.78 is 1.30. The Morgan fingerprint density at radius 1 is 1.03 bits per heavy atom. The lowest BCUT2D eigenvalue weighted by Crippen LogP contribution is -2.23. The van der Waals surface area contributed by atoms with Crippen LogP contribution in [0.15, 0.2) is 29.1 Å². The third-order valence-corrected chi connectivity index (χ3v) is 7.39. The van der Waals surface area contributed by atoms with Crippen molar-refractivity contribution in [2.24, 2.45) is 7.05 Å². The molecule has 4 aromatic rings. The topological polar surface area (TPSA) is 89.8 Å². The van der Waals surface area contributed by atoms with E-state index in [1.165, 1.54) is 27.4 Å². The third-order valence-electron chi connectivity index (χ3n) is 5.08. The van der Waals surface area contributed by atoms with Crippen molar-refractivity contribution in [3.8, 4) is 21.8 Å². The Bertz CT molecular complexity index is 1400. The van der Waals surface area contributed by atoms with Crippen LogP contribution in [0.25, 0.3) is 21.8 Å². The van der Waals surface area contributed by atoms with E-state index in [1.807, 2.05) is 45.0 Å². The molecule has 0 spiro atoms. The number of hydrogen-bond acceptors (Lipinski definition) is 7. The highest BCUT2D eigenvalue weighted by atomic mass is 35.5. The number of aryl methyl sites for hydroxylation is 4. The molecule has 0 radical (unpaired) electrons. The monoisotopic (exact) mass is 485 g/mol. The van der Waals surface area contributed by atoms with E-state index in [0.717, 1.165) is 27.4 Å². The molecule has 0 atom stereocenters. The molecule has 1 N–H and O–H groups in total. The fourth-order valence-electron chi connectivity index (χ4n) is 3.29. The number of anilines is 1. The van der Waals surface area contributed by atoms with E-state index in [9.17, 15) is 9.59 Å². The van der Waals surface area contributed by atoms with Crippen LogP contribution in [-0.2, 0) is 7.05 Å². The number of hydrogen-bond donors (Lipinski definition) is 1. The minimum atomic E-state index is -0.303. The van der Waals surface area contributed by atoms with Gasteiger partial charge in [0.05, 0.1) is 22.6 Å². The fourth-order valence-corrected chi connectivity index (χ4v) is 5.31. The average molecular weight is 486 g/mol. The molecule has 0 aliphatic heterocycles. The highest BCUT2D eigenvalue weighted by Crippen LogP contribution is 2.33. The molecule has 0 saturated carbocycles. The Morgan fingerprint density at radius 2 is 1.72 bits per heavy atom. The number of thiazole rings is 2. The van der Waals surface area contributed by atoms with E-state index < -0.39 is 0 Å². The second kappa shape index (κ2) is 8.57. The molecule has 32 heavy (non-hydrogen) atoms. The molecule has 4 rings (SSSR count). The number of amides is 1. The summed E-state index contributed by atoms with van der Waals surface area (Å²) >= 11 is 8.57. The molecular weight excluding hydrogens is 466 g/mol. The van der Waals surface area contributed by atoms with E-state index in [2.05, 4.69) is 20.4 Å². The SMILES string of the molecule is Cc1nc(-c2c(C)c(C)nn(C)c2=O)sc1C(=O)Nc1nc(-c2ccc(Cl)cc2)c(C)s1. The van der Waals surface area contributed by atoms with Gasteiger partial charge in [0.25, 0.3) is 11.5 Å². The van der Waals surface area contributed by atoms with Crippen LogP contribution in [0.5, 0.6) is 0 Å². The van der Waals surface area contributed by atoms with Gasteiger partial charge in [-0.05, 0) is 45.4 Å². The van der Waals surface area contributed by atoms with Crippen LogP contribution in [0.1, 0.15) is 31.5 Å². The molecular formula is C22H20ClN5O2S2. The summed E-state index contributed by atoms with van der Waals surface area (Å²) in [6, 6.07) is 7.41. The number of rotatable bonds is 4. The molecule has 1 aromatic carbocycles. The van der Waals surface area contributed by atoms with Crippen molar-refractivity contribution in [2.45, 2.75) is 27.7 Å². The Kier molecular flexibility index (Phi) is 5.98. The lowest BCUT2D eigenvalue weighted by Gasteiger charge is -2.07. The average Bonchev–Trinajstić information content (AvgIpc) is 3.29. The van der Waals surface area contributed by atoms with Crippen LogP contribution < -0.4 is 10.9 Å². The minimum absolute atomic E-state index is 0.239. The zero-order valence-electron chi connectivity index (χ0n) is 18.1. The van der Waals surface area contributed by atoms with E-state index >= 15 is 0 Å². The van der Waals surface area contributed by atoms with E-state index in [0.29, 0.717) is 31.3 Å². The third kappa shape index (κ3) is 4.11. The summed E-state index contributed by atoms with van der Waals surface area (Å²) in [5.74, 6) is -0.303. The van der Waals surface area contributed by atoms with Crippen LogP contribution in [0.4, 0.5) is 5.13 Å². The maximum absolute atomic E-state index is 13.0. The standard InChI is InChI=1S/C22H20ClN5O2S2/c1-10-11(2)27-28(5)21(30)16(10)20-24-12(3)18(32-20)19(29)26-22-25-17(13(4)31-22)14-6-8-15(23)9-7-14/h6-9H,1-5H3,(H,25,26,29). The summed E-state index contributed by atoms with van der Waals surface area (Å²) in [5.41, 5.74) is 4.03. The predicted molar refractivity (Wildman–Crippen MR) is 130 cm³/mol. The molecule has 0 aliphatic carbocycles. The normalized spacial score (nSPS) is 11.1. The largest absolute Gasteiger partial charge is 0.297 e. The predicted octanol–water partition coefficient (Wildman–Crippen LogP) is 5.17. The summed E-state index contributed by atoms with van der Waals surface area (Å²) in [4.78, 5) is 36.2. The fraction of sp³-hybridized carbons (Fsp3) is 0.227. The number of nitrogens with one attached hydrogen (secondary N) is 1. The number of carbonyl (C=O) groups excluding carboxylic acids is 1. The van der Waals surface area contributed by atoms with E-state index in [-0.39, 0.29) is 11.5 Å². The highest BCUT2D eigenvalue weighted by Gasteiger charge is 2.22. The Morgan fingerprint density at radius 3 is 2.41 bits per heavy atom. The lowest BCUT2D eigenvalue weighted by molar-refractivity contribution is 0.103. The molecule has 0 unspecified atom stereocenters. The number of halogens is 1. The zero-order valence-corrected chi connectivity index (χ0v) is 20.5. The molecule has 7 nitrogen and oxygen atoms in total. The first-order valence-corrected chi connectivity index (χ1v) is 11.7. The van der Waals surface area contributed by atoms with Gasteiger partial charge in [0, 0.05) is 22.5 Å². The molecule has 164 valence electrons. The first-order chi connectivity index (χ1) is 15.2. The van der Waals surface area contributed by atoms with Gasteiger partial charge < -0.3 is 0 Å². The van der Waals surface area contributed by atoms with Gasteiger partial charge in [-0.2, -0.15) is 5.10 Å². The molecule has 0 bridgehead atoms. The Hall–Kier alpha value is -2.88. The van der Waals surface area contributed by atoms with Gasteiger partial charge in [-0.3, -0.25) is 14.9 Å². The van der Waals surface area contributed by atoms with E-state index in [4.69, 9.17) is 11.6 Å². The Balaban J connectivity index is 1.64. The van der Waals surface area contributed by atoms with Gasteiger partial charge in [-0.1, -0.05) is 23.7 Å². The van der Waals surface area contributed by atoms with Crippen molar-refractivity contribution < 1.29 is 4.79 Å². The molecule has 3 aromatic heterocycles. The minimum Gasteiger partial charge on any atom is -0.297 e. The van der Waals surface area contributed by atoms with Crippen molar-refractivity contribution in [1.29, 1.82) is 0 Å². The van der Waals surface area contributed by atoms with Crippen LogP contribution >= 0.6 is 34.3 Å². The molecule has 0 saturated heterocycles. The van der Waals surface area contributed by atoms with Crippen molar-refractivity contribution in [3.05, 3.63) is 66.3 Å². The van der Waals surface area contributed by atoms with Crippen molar-refractivity contribution in [2.75, 3.05) is 5.32 Å². The van der Waals surface area contributed by atoms with Crippen molar-refractivity contribution >= 4 is 45.3 Å². The second-order valence-corrected chi connectivity index (χ2v) is 9.97. The molecule has 0 fully saturated rings. The van der Waals surface area contributed by atoms with Gasteiger partial charge in [-0.15, -0.1) is 22.7 Å². The number of carbonyl (C=O) groups is 1. The maximum Gasteiger partial charge on any atom is 0.277 e. The van der Waals surface area contributed by atoms with Gasteiger partial charge >= 0.3 is 0 Å². The maximum atomic E-state index is 13.0. The summed E-state index contributed by atoms with van der Waals surface area (Å²) in [7, 11) is 1.61. The second-order valence-electron chi connectivity index (χ2n) is 7.33. The highest BCUT2D eigenvalue weighted by molar-refractivity contribution is 7.18. The number of nitrogens with zero attached hydrogens (tertiary/aromatic N) is 4. The van der Waals surface area contributed by atoms with E-state index in [1.54, 1.807) is 14.0 Å². The quantitative estimate of drug-likeness (QED) is 0.431. The van der Waals surface area contributed by atoms with Crippen LogP contribution in [0.2, 0.25) is 5.02 Å². The van der Waals surface area contributed by atoms with Crippen molar-refractivity contribution in [3.63, 3.8) is 0 Å². The summed E-state index contributed by atoms with van der Waals surface area (Å²) in [6.07, 6.45) is 0. The summed E-state index contributed by atoms with van der Waals surface area (Å²) in [6.45, 7) is 7.40. The van der Waals surface area contributed by atoms with Crippen LogP contribution in [0.3, 0.4) is 0 Å². The lowest BCUT2D eigenvalue weighted by atomic mass is 10.1. The number of benzene rings is 1. The summed E-state index contributed by atoms with van der Waals surface area (Å²) in [5, 5.41) is 8.74. The first-order valence-electron chi connectivity index (χ1n) is 9.72. The molecule has 3 heterocycles. The zero-order chi connectivity index (χ0) is 23.2. The van der Waals surface area contributed by atoms with Crippen LogP contribution in [0, 0.1) is 27.7 Å². The first kappa shape index (κ1) is 22.3. The van der Waals surface area contributed by atoms with Crippen molar-refractivity contribution in [1.82, 2.24) is 19.7 Å². The smallest absolute Gasteiger partial charge is 0.277 e. The Labute approximate surface area is 197 Å². The molecule has 10 heteroatoms. The molecule has 0 aliphatic rings. The van der Waals surface area contributed by atoms with Gasteiger partial charge in [-0.25, -0.2) is 14.6 Å². The van der Waals surface area contributed by atoms with Crippen LogP contribution in [-0.4, -0.2) is 25.7 Å². The number of aromatic nitrogens is 4. The van der Waals surface area contributed by atoms with Gasteiger partial charge in [0.15, 0.2) is 5.13 Å².